The van der Waals surface area contributed by atoms with Crippen molar-refractivity contribution in [3.63, 3.8) is 0 Å². The predicted octanol–water partition coefficient (Wildman–Crippen LogP) is 2.57. The molecule has 0 radical (unpaired) electrons. The largest absolute Gasteiger partial charge is 0.313 e. The first-order valence-corrected chi connectivity index (χ1v) is 6.79. The van der Waals surface area contributed by atoms with E-state index in [1.807, 2.05) is 0 Å². The monoisotopic (exact) mass is 232 g/mol. The molecule has 2 nitrogen and oxygen atoms in total. The molecule has 0 spiro atoms. The second-order valence-electron chi connectivity index (χ2n) is 5.11. The summed E-state index contributed by atoms with van der Waals surface area (Å²) in [6.45, 7) is 8.99. The highest BCUT2D eigenvalue weighted by Crippen LogP contribution is 2.11. The van der Waals surface area contributed by atoms with Crippen molar-refractivity contribution in [3.05, 3.63) is 35.4 Å². The van der Waals surface area contributed by atoms with Crippen LogP contribution in [0.1, 0.15) is 30.9 Å². The average Bonchev–Trinajstić information content (AvgIpc) is 2.84. The van der Waals surface area contributed by atoms with Gasteiger partial charge in [0.1, 0.15) is 0 Å². The number of hydrogen-bond donors (Lipinski definition) is 1. The normalized spacial score (nSPS) is 20.1. The molecule has 2 rings (SSSR count). The zero-order valence-corrected chi connectivity index (χ0v) is 11.1. The molecule has 1 saturated heterocycles. The topological polar surface area (TPSA) is 15.3 Å². The number of benzene rings is 1. The van der Waals surface area contributed by atoms with Crippen molar-refractivity contribution < 1.29 is 0 Å². The molecule has 17 heavy (non-hydrogen) atoms. The Bertz CT molecular complexity index is 325. The van der Waals surface area contributed by atoms with E-state index < -0.39 is 0 Å². The molecular weight excluding hydrogens is 208 g/mol. The van der Waals surface area contributed by atoms with E-state index in [1.165, 1.54) is 37.1 Å². The second-order valence-corrected chi connectivity index (χ2v) is 5.11. The van der Waals surface area contributed by atoms with Crippen molar-refractivity contribution in [2.75, 3.05) is 19.6 Å². The van der Waals surface area contributed by atoms with E-state index in [0.29, 0.717) is 6.04 Å². The smallest absolute Gasteiger partial charge is 0.0234 e. The minimum Gasteiger partial charge on any atom is -0.313 e. The van der Waals surface area contributed by atoms with Gasteiger partial charge < -0.3 is 5.32 Å². The number of hydrogen-bond acceptors (Lipinski definition) is 2. The summed E-state index contributed by atoms with van der Waals surface area (Å²) in [5.41, 5.74) is 2.77. The van der Waals surface area contributed by atoms with Gasteiger partial charge >= 0.3 is 0 Å². The van der Waals surface area contributed by atoms with Crippen LogP contribution >= 0.6 is 0 Å². The highest BCUT2D eigenvalue weighted by Gasteiger charge is 2.16. The van der Waals surface area contributed by atoms with Gasteiger partial charge in [-0.05, 0) is 38.4 Å². The van der Waals surface area contributed by atoms with Gasteiger partial charge in [-0.3, -0.25) is 4.90 Å². The number of likely N-dealkylation sites (N-methyl/N-ethyl adjacent to an activating group) is 1. The Labute approximate surface area is 105 Å². The third kappa shape index (κ3) is 3.83. The van der Waals surface area contributed by atoms with Gasteiger partial charge in [0.05, 0.1) is 0 Å². The summed E-state index contributed by atoms with van der Waals surface area (Å²) in [6, 6.07) is 9.62. The molecule has 0 aromatic heterocycles. The lowest BCUT2D eigenvalue weighted by molar-refractivity contribution is 0.253. The molecule has 1 aromatic rings. The van der Waals surface area contributed by atoms with E-state index in [-0.39, 0.29) is 0 Å². The van der Waals surface area contributed by atoms with Crippen LogP contribution in [0.15, 0.2) is 24.3 Å². The van der Waals surface area contributed by atoms with Gasteiger partial charge in [-0.2, -0.15) is 0 Å². The first kappa shape index (κ1) is 12.6. The molecule has 1 unspecified atom stereocenters. The molecule has 0 amide bonds. The molecule has 0 aliphatic carbocycles. The molecule has 94 valence electrons. The summed E-state index contributed by atoms with van der Waals surface area (Å²) >= 11 is 0. The van der Waals surface area contributed by atoms with Crippen molar-refractivity contribution in [2.45, 2.75) is 39.3 Å². The van der Waals surface area contributed by atoms with Crippen LogP contribution in [0.5, 0.6) is 0 Å². The summed E-state index contributed by atoms with van der Waals surface area (Å²) in [5, 5.41) is 3.57. The van der Waals surface area contributed by atoms with Crippen LogP contribution in [-0.4, -0.2) is 30.6 Å². The van der Waals surface area contributed by atoms with E-state index in [1.54, 1.807) is 0 Å². The predicted molar refractivity (Wildman–Crippen MR) is 73.2 cm³/mol. The summed E-state index contributed by atoms with van der Waals surface area (Å²) in [5.74, 6) is 0. The quantitative estimate of drug-likeness (QED) is 0.839. The van der Waals surface area contributed by atoms with E-state index in [4.69, 9.17) is 0 Å². The lowest BCUT2D eigenvalue weighted by atomic mass is 10.1. The third-order valence-electron chi connectivity index (χ3n) is 3.61. The van der Waals surface area contributed by atoms with Crippen molar-refractivity contribution >= 4 is 0 Å². The SMILES string of the molecule is CCN(Cc1ccc(C)cc1)CC1CCCN1. The fourth-order valence-electron chi connectivity index (χ4n) is 2.48. The fraction of sp³-hybridized carbons (Fsp3) is 0.600. The minimum absolute atomic E-state index is 0.709. The molecule has 1 aliphatic rings. The number of nitrogens with one attached hydrogen (secondary N) is 1. The van der Waals surface area contributed by atoms with Gasteiger partial charge in [-0.15, -0.1) is 0 Å². The Morgan fingerprint density at radius 2 is 2.06 bits per heavy atom. The van der Waals surface area contributed by atoms with Gasteiger partial charge in [0.15, 0.2) is 0 Å². The molecule has 1 atom stereocenters. The summed E-state index contributed by atoms with van der Waals surface area (Å²) in [6.07, 6.45) is 2.68. The molecule has 0 bridgehead atoms. The molecule has 1 aliphatic heterocycles. The number of nitrogens with zero attached hydrogens (tertiary/aromatic N) is 1. The van der Waals surface area contributed by atoms with Crippen LogP contribution in [0.3, 0.4) is 0 Å². The number of rotatable bonds is 5. The first-order valence-electron chi connectivity index (χ1n) is 6.79. The van der Waals surface area contributed by atoms with Crippen LogP contribution in [0, 0.1) is 6.92 Å². The molecule has 1 N–H and O–H groups in total. The Morgan fingerprint density at radius 1 is 1.29 bits per heavy atom. The summed E-state index contributed by atoms with van der Waals surface area (Å²) in [4.78, 5) is 2.54. The maximum atomic E-state index is 3.57. The van der Waals surface area contributed by atoms with Crippen LogP contribution in [0.25, 0.3) is 0 Å². The van der Waals surface area contributed by atoms with Gasteiger partial charge in [-0.25, -0.2) is 0 Å². The van der Waals surface area contributed by atoms with Crippen LogP contribution in [-0.2, 0) is 6.54 Å². The zero-order valence-electron chi connectivity index (χ0n) is 11.1. The van der Waals surface area contributed by atoms with Gasteiger partial charge in [0.25, 0.3) is 0 Å². The van der Waals surface area contributed by atoms with Gasteiger partial charge in [0, 0.05) is 19.1 Å². The molecular formula is C15H24N2. The minimum atomic E-state index is 0.709. The van der Waals surface area contributed by atoms with E-state index >= 15 is 0 Å². The van der Waals surface area contributed by atoms with Crippen LogP contribution in [0.2, 0.25) is 0 Å². The van der Waals surface area contributed by atoms with Crippen LogP contribution < -0.4 is 5.32 Å². The Balaban J connectivity index is 1.87. The molecule has 1 heterocycles. The van der Waals surface area contributed by atoms with Crippen molar-refractivity contribution in [1.82, 2.24) is 10.2 Å². The van der Waals surface area contributed by atoms with E-state index in [0.717, 1.165) is 13.1 Å². The summed E-state index contributed by atoms with van der Waals surface area (Å²) < 4.78 is 0. The molecule has 0 saturated carbocycles. The number of aryl methyl sites for hydroxylation is 1. The van der Waals surface area contributed by atoms with E-state index in [9.17, 15) is 0 Å². The van der Waals surface area contributed by atoms with Crippen molar-refractivity contribution in [2.24, 2.45) is 0 Å². The second kappa shape index (κ2) is 6.18. The molecule has 1 fully saturated rings. The zero-order chi connectivity index (χ0) is 12.1. The van der Waals surface area contributed by atoms with Gasteiger partial charge in [0.2, 0.25) is 0 Å². The Hall–Kier alpha value is -0.860. The van der Waals surface area contributed by atoms with Crippen molar-refractivity contribution in [3.8, 4) is 0 Å². The van der Waals surface area contributed by atoms with Gasteiger partial charge in [-0.1, -0.05) is 36.8 Å². The third-order valence-corrected chi connectivity index (χ3v) is 3.61. The average molecular weight is 232 g/mol. The highest BCUT2D eigenvalue weighted by atomic mass is 15.1. The fourth-order valence-corrected chi connectivity index (χ4v) is 2.48. The molecule has 1 aromatic carbocycles. The van der Waals surface area contributed by atoms with Crippen LogP contribution in [0.4, 0.5) is 0 Å². The lowest BCUT2D eigenvalue weighted by Gasteiger charge is -2.24. The lowest BCUT2D eigenvalue weighted by Crippen LogP contribution is -2.37. The standard InChI is InChI=1S/C15H24N2/c1-3-17(12-15-5-4-10-16-15)11-14-8-6-13(2)7-9-14/h6-9,15-16H,3-5,10-12H2,1-2H3. The summed E-state index contributed by atoms with van der Waals surface area (Å²) in [7, 11) is 0. The van der Waals surface area contributed by atoms with E-state index in [2.05, 4.69) is 48.3 Å². The van der Waals surface area contributed by atoms with Crippen molar-refractivity contribution in [1.29, 1.82) is 0 Å². The molecule has 2 heteroatoms. The Kier molecular flexibility index (Phi) is 4.57. The maximum absolute atomic E-state index is 3.57. The first-order chi connectivity index (χ1) is 8.28. The maximum Gasteiger partial charge on any atom is 0.0234 e. The highest BCUT2D eigenvalue weighted by molar-refractivity contribution is 5.21. The Morgan fingerprint density at radius 3 is 2.65 bits per heavy atom.